The molecule has 0 bridgehead atoms. The summed E-state index contributed by atoms with van der Waals surface area (Å²) < 4.78 is 28.9. The van der Waals surface area contributed by atoms with E-state index in [1.54, 1.807) is 46.2 Å². The van der Waals surface area contributed by atoms with Crippen molar-refractivity contribution in [3.63, 3.8) is 0 Å². The number of nitrogens with one attached hydrogen (secondary N) is 1. The minimum absolute atomic E-state index is 0.0539. The molecule has 1 aliphatic heterocycles. The summed E-state index contributed by atoms with van der Waals surface area (Å²) in [6, 6.07) is 29.6. The molecule has 212 valence electrons. The van der Waals surface area contributed by atoms with Crippen molar-refractivity contribution < 1.29 is 13.5 Å². The van der Waals surface area contributed by atoms with Gasteiger partial charge < -0.3 is 10.4 Å². The second-order valence-corrected chi connectivity index (χ2v) is 13.4. The van der Waals surface area contributed by atoms with Gasteiger partial charge in [0.15, 0.2) is 0 Å². The van der Waals surface area contributed by atoms with Crippen molar-refractivity contribution in [2.45, 2.75) is 4.90 Å². The highest BCUT2D eigenvalue weighted by molar-refractivity contribution is 7.89. The maximum Gasteiger partial charge on any atom is 0.246 e. The van der Waals surface area contributed by atoms with Crippen molar-refractivity contribution in [1.82, 2.24) is 9.62 Å². The number of aromatic hydroxyl groups is 1. The number of phenols is 1. The van der Waals surface area contributed by atoms with Gasteiger partial charge in [-0.2, -0.15) is 15.6 Å². The van der Waals surface area contributed by atoms with Crippen LogP contribution in [-0.2, 0) is 10.0 Å². The summed E-state index contributed by atoms with van der Waals surface area (Å²) in [6.45, 7) is 5.68. The summed E-state index contributed by atoms with van der Waals surface area (Å²) in [5.74, 6) is -0.223. The van der Waals surface area contributed by atoms with Gasteiger partial charge in [-0.15, -0.1) is 22.7 Å². The molecule has 0 amide bonds. The predicted molar refractivity (Wildman–Crippen MR) is 178 cm³/mol. The lowest BCUT2D eigenvalue weighted by molar-refractivity contribution is 0.357. The monoisotopic (exact) mass is 620 g/mol. The normalized spacial score (nSPS) is 13.2. The average molecular weight is 621 g/mol. The van der Waals surface area contributed by atoms with Crippen LogP contribution < -0.4 is 5.32 Å². The van der Waals surface area contributed by atoms with Gasteiger partial charge in [0.25, 0.3) is 0 Å². The van der Waals surface area contributed by atoms with Crippen molar-refractivity contribution >= 4 is 70.3 Å². The minimum atomic E-state index is -3.63. The van der Waals surface area contributed by atoms with Gasteiger partial charge >= 0.3 is 0 Å². The summed E-state index contributed by atoms with van der Waals surface area (Å²) in [5, 5.41) is 23.8. The lowest BCUT2D eigenvalue weighted by Gasteiger charge is -2.26. The van der Waals surface area contributed by atoms with Crippen LogP contribution in [0, 0.1) is 0 Å². The molecule has 0 radical (unpaired) electrons. The van der Waals surface area contributed by atoms with Gasteiger partial charge in [-0.25, -0.2) is 8.42 Å². The molecule has 41 heavy (non-hydrogen) atoms. The Morgan fingerprint density at radius 1 is 0.756 bits per heavy atom. The van der Waals surface area contributed by atoms with E-state index in [2.05, 4.69) is 83.3 Å². The number of sulfonamides is 1. The molecule has 0 unspecified atom stereocenters. The van der Waals surface area contributed by atoms with Crippen molar-refractivity contribution in [2.75, 3.05) is 26.2 Å². The van der Waals surface area contributed by atoms with Gasteiger partial charge in [0, 0.05) is 35.6 Å². The quantitative estimate of drug-likeness (QED) is 0.209. The number of nitrogens with zero attached hydrogens (tertiary/aromatic N) is 1. The molecule has 0 spiro atoms. The van der Waals surface area contributed by atoms with E-state index in [0.29, 0.717) is 31.7 Å². The largest absolute Gasteiger partial charge is 0.507 e. The lowest BCUT2D eigenvalue weighted by Crippen LogP contribution is -2.46. The van der Waals surface area contributed by atoms with Gasteiger partial charge in [0.05, 0.1) is 0 Å². The first-order chi connectivity index (χ1) is 20.0. The summed E-state index contributed by atoms with van der Waals surface area (Å²) >= 11 is 5.29. The molecule has 6 aromatic rings. The van der Waals surface area contributed by atoms with Crippen LogP contribution in [0.3, 0.4) is 0 Å². The highest BCUT2D eigenvalue weighted by atomic mass is 32.2. The Balaban J connectivity index is 0.000000140. The number of thiophene rings is 3. The van der Waals surface area contributed by atoms with E-state index >= 15 is 0 Å². The molecule has 1 aliphatic rings. The van der Waals surface area contributed by atoms with Crippen LogP contribution in [0.2, 0.25) is 0 Å². The molecule has 4 heterocycles. The van der Waals surface area contributed by atoms with Crippen molar-refractivity contribution in [2.24, 2.45) is 0 Å². The highest BCUT2D eigenvalue weighted by Gasteiger charge is 2.28. The van der Waals surface area contributed by atoms with E-state index in [1.807, 2.05) is 22.9 Å². The molecular weight excluding hydrogens is 589 g/mol. The van der Waals surface area contributed by atoms with Gasteiger partial charge in [-0.05, 0) is 74.3 Å². The smallest absolute Gasteiger partial charge is 0.246 e. The fourth-order valence-corrected chi connectivity index (χ4v) is 7.52. The number of phenolic OH excluding ortho intramolecular Hbond substituents is 1. The molecule has 1 fully saturated rings. The Morgan fingerprint density at radius 2 is 1.32 bits per heavy atom. The van der Waals surface area contributed by atoms with Crippen LogP contribution in [0.4, 0.5) is 0 Å². The second-order valence-electron chi connectivity index (χ2n) is 8.80. The van der Waals surface area contributed by atoms with Gasteiger partial charge in [-0.3, -0.25) is 0 Å². The molecule has 0 saturated carbocycles. The summed E-state index contributed by atoms with van der Waals surface area (Å²) in [7, 11) is -3.63. The van der Waals surface area contributed by atoms with Crippen LogP contribution in [0.1, 0.15) is 5.56 Å². The van der Waals surface area contributed by atoms with Crippen LogP contribution in [0.5, 0.6) is 5.75 Å². The van der Waals surface area contributed by atoms with E-state index in [-0.39, 0.29) is 10.6 Å². The van der Waals surface area contributed by atoms with Gasteiger partial charge in [0.1, 0.15) is 10.6 Å². The van der Waals surface area contributed by atoms with Crippen molar-refractivity contribution in [1.29, 1.82) is 0 Å². The number of benzene rings is 3. The van der Waals surface area contributed by atoms with Gasteiger partial charge in [0.2, 0.25) is 10.0 Å². The SMILES string of the molecule is C=Cc1ccc(O)c(S(=O)(=O)N2CCNCC2)c1.c1ccc2sccc2c1.c1ccc2sccc2c1.c1ccsc1. The summed E-state index contributed by atoms with van der Waals surface area (Å²) in [6.07, 6.45) is 1.55. The Labute approximate surface area is 253 Å². The molecule has 5 nitrogen and oxygen atoms in total. The minimum Gasteiger partial charge on any atom is -0.507 e. The summed E-state index contributed by atoms with van der Waals surface area (Å²) in [4.78, 5) is -0.0539. The molecule has 0 aliphatic carbocycles. The second kappa shape index (κ2) is 15.6. The molecule has 3 aromatic heterocycles. The van der Waals surface area contributed by atoms with Gasteiger partial charge in [-0.1, -0.05) is 67.3 Å². The average Bonchev–Trinajstić information content (AvgIpc) is 3.82. The Bertz CT molecular complexity index is 1590. The van der Waals surface area contributed by atoms with Crippen molar-refractivity contribution in [3.05, 3.63) is 125 Å². The lowest BCUT2D eigenvalue weighted by atomic mass is 10.2. The molecule has 9 heteroatoms. The highest BCUT2D eigenvalue weighted by Crippen LogP contribution is 2.27. The third-order valence-electron chi connectivity index (χ3n) is 6.06. The fraction of sp³-hybridized carbons (Fsp3) is 0.125. The van der Waals surface area contributed by atoms with E-state index in [4.69, 9.17) is 0 Å². The topological polar surface area (TPSA) is 69.6 Å². The maximum absolute atomic E-state index is 12.4. The Hall–Kier alpha value is -3.31. The first-order valence-corrected chi connectivity index (χ1v) is 17.1. The molecule has 3 aromatic carbocycles. The van der Waals surface area contributed by atoms with Crippen molar-refractivity contribution in [3.8, 4) is 5.75 Å². The van der Waals surface area contributed by atoms with E-state index < -0.39 is 10.0 Å². The third-order valence-corrected chi connectivity index (χ3v) is 10.4. The number of fused-ring (bicyclic) bond motifs is 2. The Morgan fingerprint density at radius 3 is 1.80 bits per heavy atom. The van der Waals surface area contributed by atoms with Crippen LogP contribution in [0.25, 0.3) is 26.2 Å². The van der Waals surface area contributed by atoms with Crippen LogP contribution >= 0.6 is 34.0 Å². The molecular formula is C32H32N2O3S4. The molecule has 0 atom stereocenters. The fourth-order valence-electron chi connectivity index (χ4n) is 3.93. The molecule has 1 saturated heterocycles. The number of hydrogen-bond donors (Lipinski definition) is 2. The maximum atomic E-state index is 12.4. The Kier molecular flexibility index (Phi) is 11.7. The molecule has 2 N–H and O–H groups in total. The zero-order valence-corrected chi connectivity index (χ0v) is 25.7. The van der Waals surface area contributed by atoms with Crippen LogP contribution in [0.15, 0.2) is 124 Å². The predicted octanol–water partition coefficient (Wildman–Crippen LogP) is 8.18. The number of rotatable bonds is 3. The van der Waals surface area contributed by atoms with E-state index in [0.717, 1.165) is 0 Å². The zero-order valence-electron chi connectivity index (χ0n) is 22.4. The number of piperazine rings is 1. The summed E-state index contributed by atoms with van der Waals surface area (Å²) in [5.41, 5.74) is 0.668. The van der Waals surface area contributed by atoms with E-state index in [9.17, 15) is 13.5 Å². The number of hydrogen-bond acceptors (Lipinski definition) is 7. The zero-order chi connectivity index (χ0) is 28.9. The molecule has 7 rings (SSSR count). The van der Waals surface area contributed by atoms with Crippen LogP contribution in [-0.4, -0.2) is 44.0 Å². The first kappa shape index (κ1) is 30.6. The standard InChI is InChI=1S/C12H16N2O3S.2C8H6S.C4H4S/c1-2-10-3-4-11(15)12(9-10)18(16,17)14-7-5-13-6-8-14;2*1-2-4-8-7(3-1)5-6-9-8;1-2-4-5-3-1/h2-4,9,13,15H,1,5-8H2;2*1-6H;1-4H. The third kappa shape index (κ3) is 8.84. The first-order valence-electron chi connectivity index (χ1n) is 13.0. The van der Waals surface area contributed by atoms with E-state index in [1.165, 1.54) is 36.6 Å².